The zero-order valence-electron chi connectivity index (χ0n) is 10.4. The van der Waals surface area contributed by atoms with E-state index in [9.17, 15) is 18.4 Å². The van der Waals surface area contributed by atoms with E-state index in [0.29, 0.717) is 6.07 Å². The first-order valence-electron chi connectivity index (χ1n) is 5.61. The Morgan fingerprint density at radius 2 is 1.90 bits per heavy atom. The number of hydrogen-bond donors (Lipinski definition) is 2. The first-order chi connectivity index (χ1) is 9.90. The molecule has 2 amide bonds. The number of amides is 2. The molecule has 21 heavy (non-hydrogen) atoms. The van der Waals surface area contributed by atoms with Crippen molar-refractivity contribution in [1.82, 2.24) is 4.98 Å². The summed E-state index contributed by atoms with van der Waals surface area (Å²) in [5, 5.41) is 2.23. The van der Waals surface area contributed by atoms with E-state index in [4.69, 9.17) is 5.73 Å². The standard InChI is InChI=1S/C13H8BrF2N3O2/c14-11-6(2-1-3-18-11)13(21)19-10-4-7(12(17)20)8(15)5-9(10)16/h1-5H,(H2,17,20)(H,19,21). The lowest BCUT2D eigenvalue weighted by Crippen LogP contribution is -2.17. The van der Waals surface area contributed by atoms with Crippen molar-refractivity contribution in [3.8, 4) is 0 Å². The second kappa shape index (κ2) is 5.96. The monoisotopic (exact) mass is 355 g/mol. The van der Waals surface area contributed by atoms with E-state index in [2.05, 4.69) is 26.2 Å². The number of aromatic nitrogens is 1. The molecule has 1 aromatic carbocycles. The third-order valence-corrected chi connectivity index (χ3v) is 3.21. The molecular formula is C13H8BrF2N3O2. The maximum atomic E-state index is 13.6. The quantitative estimate of drug-likeness (QED) is 0.829. The average Bonchev–Trinajstić information content (AvgIpc) is 2.41. The number of rotatable bonds is 3. The van der Waals surface area contributed by atoms with Gasteiger partial charge in [0.05, 0.1) is 16.8 Å². The fourth-order valence-electron chi connectivity index (χ4n) is 1.58. The Kier molecular flexibility index (Phi) is 4.27. The van der Waals surface area contributed by atoms with Crippen molar-refractivity contribution in [2.24, 2.45) is 5.73 Å². The largest absolute Gasteiger partial charge is 0.366 e. The van der Waals surface area contributed by atoms with Crippen LogP contribution >= 0.6 is 15.9 Å². The molecule has 0 aliphatic heterocycles. The molecule has 5 nitrogen and oxygen atoms in total. The number of hydrogen-bond acceptors (Lipinski definition) is 3. The summed E-state index contributed by atoms with van der Waals surface area (Å²) in [7, 11) is 0. The van der Waals surface area contributed by atoms with E-state index in [1.165, 1.54) is 18.3 Å². The van der Waals surface area contributed by atoms with Crippen LogP contribution in [0.4, 0.5) is 14.5 Å². The molecule has 2 aromatic rings. The maximum absolute atomic E-state index is 13.6. The number of pyridine rings is 1. The van der Waals surface area contributed by atoms with Crippen molar-refractivity contribution in [1.29, 1.82) is 0 Å². The first-order valence-corrected chi connectivity index (χ1v) is 6.40. The van der Waals surface area contributed by atoms with Crippen LogP contribution < -0.4 is 11.1 Å². The van der Waals surface area contributed by atoms with Gasteiger partial charge in [-0.2, -0.15) is 0 Å². The highest BCUT2D eigenvalue weighted by Crippen LogP contribution is 2.21. The molecule has 2 rings (SSSR count). The van der Waals surface area contributed by atoms with Gasteiger partial charge in [-0.15, -0.1) is 0 Å². The summed E-state index contributed by atoms with van der Waals surface area (Å²) < 4.78 is 27.2. The Morgan fingerprint density at radius 3 is 2.52 bits per heavy atom. The Morgan fingerprint density at radius 1 is 1.19 bits per heavy atom. The van der Waals surface area contributed by atoms with Crippen LogP contribution in [0.2, 0.25) is 0 Å². The van der Waals surface area contributed by atoms with E-state index < -0.39 is 29.0 Å². The van der Waals surface area contributed by atoms with E-state index in [1.54, 1.807) is 0 Å². The van der Waals surface area contributed by atoms with Crippen molar-refractivity contribution in [2.75, 3.05) is 5.32 Å². The molecule has 0 unspecified atom stereocenters. The number of carbonyl (C=O) groups excluding carboxylic acids is 2. The molecule has 0 radical (unpaired) electrons. The van der Waals surface area contributed by atoms with Crippen LogP contribution in [0.1, 0.15) is 20.7 Å². The predicted octanol–water partition coefficient (Wildman–Crippen LogP) is 2.47. The van der Waals surface area contributed by atoms with Crippen LogP contribution in [0, 0.1) is 11.6 Å². The van der Waals surface area contributed by atoms with Crippen LogP contribution in [0.25, 0.3) is 0 Å². The topological polar surface area (TPSA) is 85.1 Å². The zero-order valence-corrected chi connectivity index (χ0v) is 11.9. The Balaban J connectivity index is 2.36. The number of primary amides is 1. The molecule has 108 valence electrons. The molecule has 1 heterocycles. The summed E-state index contributed by atoms with van der Waals surface area (Å²) >= 11 is 3.08. The highest BCUT2D eigenvalue weighted by molar-refractivity contribution is 9.10. The van der Waals surface area contributed by atoms with Crippen molar-refractivity contribution in [2.45, 2.75) is 0 Å². The molecule has 0 atom stereocenters. The van der Waals surface area contributed by atoms with Crippen molar-refractivity contribution >= 4 is 33.4 Å². The number of benzene rings is 1. The molecule has 8 heteroatoms. The van der Waals surface area contributed by atoms with Crippen LogP contribution in [-0.2, 0) is 0 Å². The number of nitrogens with two attached hydrogens (primary N) is 1. The number of carbonyl (C=O) groups is 2. The van der Waals surface area contributed by atoms with Gasteiger partial charge in [0.2, 0.25) is 0 Å². The predicted molar refractivity (Wildman–Crippen MR) is 74.8 cm³/mol. The van der Waals surface area contributed by atoms with Gasteiger partial charge in [0, 0.05) is 12.3 Å². The first kappa shape index (κ1) is 15.0. The molecule has 0 aliphatic carbocycles. The van der Waals surface area contributed by atoms with Gasteiger partial charge in [0.1, 0.15) is 16.2 Å². The minimum atomic E-state index is -1.10. The van der Waals surface area contributed by atoms with Crippen molar-refractivity contribution in [3.05, 3.63) is 57.8 Å². The summed E-state index contributed by atoms with van der Waals surface area (Å²) in [6.07, 6.45) is 1.46. The number of halogens is 3. The average molecular weight is 356 g/mol. The van der Waals surface area contributed by atoms with Gasteiger partial charge >= 0.3 is 0 Å². The van der Waals surface area contributed by atoms with E-state index >= 15 is 0 Å². The van der Waals surface area contributed by atoms with E-state index in [0.717, 1.165) is 6.07 Å². The van der Waals surface area contributed by atoms with Gasteiger partial charge in [0.25, 0.3) is 11.8 Å². The third-order valence-electron chi connectivity index (χ3n) is 2.57. The summed E-state index contributed by atoms with van der Waals surface area (Å²) in [5.74, 6) is -3.85. The zero-order chi connectivity index (χ0) is 15.6. The smallest absolute Gasteiger partial charge is 0.258 e. The Hall–Kier alpha value is -2.35. The van der Waals surface area contributed by atoms with E-state index in [-0.39, 0.29) is 15.9 Å². The molecule has 0 spiro atoms. The van der Waals surface area contributed by atoms with Crippen LogP contribution in [0.15, 0.2) is 35.1 Å². The molecule has 1 aromatic heterocycles. The SMILES string of the molecule is NC(=O)c1cc(NC(=O)c2cccnc2Br)c(F)cc1F. The van der Waals surface area contributed by atoms with Gasteiger partial charge in [-0.3, -0.25) is 9.59 Å². The van der Waals surface area contributed by atoms with Crippen LogP contribution in [0.5, 0.6) is 0 Å². The summed E-state index contributed by atoms with van der Waals surface area (Å²) in [5.41, 5.74) is 4.25. The molecule has 0 bridgehead atoms. The highest BCUT2D eigenvalue weighted by Gasteiger charge is 2.17. The van der Waals surface area contributed by atoms with Gasteiger partial charge < -0.3 is 11.1 Å². The molecule has 0 aliphatic rings. The lowest BCUT2D eigenvalue weighted by atomic mass is 10.1. The number of nitrogens with zero attached hydrogens (tertiary/aromatic N) is 1. The lowest BCUT2D eigenvalue weighted by molar-refractivity contribution is 0.0992. The second-order valence-electron chi connectivity index (χ2n) is 3.97. The fraction of sp³-hybridized carbons (Fsp3) is 0. The van der Waals surface area contributed by atoms with Crippen LogP contribution in [-0.4, -0.2) is 16.8 Å². The Bertz CT molecular complexity index is 737. The molecule has 3 N–H and O–H groups in total. The fourth-order valence-corrected chi connectivity index (χ4v) is 2.01. The third kappa shape index (κ3) is 3.22. The molecule has 0 fully saturated rings. The summed E-state index contributed by atoms with van der Waals surface area (Å²) in [6, 6.07) is 4.31. The van der Waals surface area contributed by atoms with Gasteiger partial charge in [-0.25, -0.2) is 13.8 Å². The van der Waals surface area contributed by atoms with Crippen molar-refractivity contribution in [3.63, 3.8) is 0 Å². The highest BCUT2D eigenvalue weighted by atomic mass is 79.9. The second-order valence-corrected chi connectivity index (χ2v) is 4.72. The maximum Gasteiger partial charge on any atom is 0.258 e. The van der Waals surface area contributed by atoms with Crippen LogP contribution in [0.3, 0.4) is 0 Å². The normalized spacial score (nSPS) is 10.2. The van der Waals surface area contributed by atoms with Gasteiger partial charge in [0.15, 0.2) is 0 Å². The van der Waals surface area contributed by atoms with Gasteiger partial charge in [-0.05, 0) is 34.1 Å². The summed E-state index contributed by atoms with van der Waals surface area (Å²) in [6.45, 7) is 0. The molecular weight excluding hydrogens is 348 g/mol. The molecule has 0 saturated heterocycles. The van der Waals surface area contributed by atoms with Crippen molar-refractivity contribution < 1.29 is 18.4 Å². The molecule has 0 saturated carbocycles. The Labute approximate surface area is 126 Å². The number of nitrogens with one attached hydrogen (secondary N) is 1. The van der Waals surface area contributed by atoms with Gasteiger partial charge in [-0.1, -0.05) is 0 Å². The minimum absolute atomic E-state index is 0.154. The van der Waals surface area contributed by atoms with E-state index in [1.807, 2.05) is 0 Å². The lowest BCUT2D eigenvalue weighted by Gasteiger charge is -2.09. The summed E-state index contributed by atoms with van der Waals surface area (Å²) in [4.78, 5) is 26.9. The minimum Gasteiger partial charge on any atom is -0.366 e. The number of anilines is 1.